The minimum Gasteiger partial charge on any atom is -0.372 e. The van der Waals surface area contributed by atoms with Crippen LogP contribution in [0.1, 0.15) is 6.92 Å². The predicted molar refractivity (Wildman–Crippen MR) is 77.9 cm³/mol. The number of hydrogen-bond acceptors (Lipinski definition) is 6. The SMILES string of the molecule is COC(C)C(=O)Nc1nc2ccc3scnc3c2s1. The van der Waals surface area contributed by atoms with Crippen molar-refractivity contribution in [2.24, 2.45) is 0 Å². The zero-order valence-corrected chi connectivity index (χ0v) is 12.0. The van der Waals surface area contributed by atoms with E-state index in [1.807, 2.05) is 17.6 Å². The molecule has 19 heavy (non-hydrogen) atoms. The molecule has 3 aromatic rings. The van der Waals surface area contributed by atoms with E-state index < -0.39 is 6.10 Å². The minimum absolute atomic E-state index is 0.198. The van der Waals surface area contributed by atoms with Crippen LogP contribution in [0.3, 0.4) is 0 Å². The number of carbonyl (C=O) groups excluding carboxylic acids is 1. The van der Waals surface area contributed by atoms with Gasteiger partial charge in [-0.15, -0.1) is 11.3 Å². The Morgan fingerprint density at radius 2 is 2.32 bits per heavy atom. The van der Waals surface area contributed by atoms with Crippen molar-refractivity contribution < 1.29 is 9.53 Å². The van der Waals surface area contributed by atoms with Crippen molar-refractivity contribution in [3.8, 4) is 0 Å². The third-order valence-electron chi connectivity index (χ3n) is 2.81. The highest BCUT2D eigenvalue weighted by atomic mass is 32.1. The molecule has 1 N–H and O–H groups in total. The Bertz CT molecular complexity index is 750. The minimum atomic E-state index is -0.494. The molecule has 3 rings (SSSR count). The van der Waals surface area contributed by atoms with Crippen molar-refractivity contribution in [2.45, 2.75) is 13.0 Å². The van der Waals surface area contributed by atoms with E-state index >= 15 is 0 Å². The van der Waals surface area contributed by atoms with Crippen LogP contribution in [0, 0.1) is 0 Å². The summed E-state index contributed by atoms with van der Waals surface area (Å²) in [7, 11) is 1.50. The van der Waals surface area contributed by atoms with Crippen molar-refractivity contribution in [1.82, 2.24) is 9.97 Å². The van der Waals surface area contributed by atoms with Gasteiger partial charge in [-0.05, 0) is 19.1 Å². The fourth-order valence-electron chi connectivity index (χ4n) is 1.68. The zero-order chi connectivity index (χ0) is 13.4. The summed E-state index contributed by atoms with van der Waals surface area (Å²) in [6, 6.07) is 3.94. The van der Waals surface area contributed by atoms with E-state index in [0.717, 1.165) is 20.4 Å². The highest BCUT2D eigenvalue weighted by Crippen LogP contribution is 2.33. The number of benzene rings is 1. The summed E-state index contributed by atoms with van der Waals surface area (Å²) in [5.74, 6) is -0.198. The monoisotopic (exact) mass is 293 g/mol. The van der Waals surface area contributed by atoms with E-state index in [9.17, 15) is 4.79 Å². The van der Waals surface area contributed by atoms with E-state index in [-0.39, 0.29) is 5.91 Å². The third kappa shape index (κ3) is 2.20. The summed E-state index contributed by atoms with van der Waals surface area (Å²) in [5.41, 5.74) is 3.61. The lowest BCUT2D eigenvalue weighted by atomic mass is 10.3. The molecule has 0 bridgehead atoms. The summed E-state index contributed by atoms with van der Waals surface area (Å²) in [6.45, 7) is 1.70. The van der Waals surface area contributed by atoms with Crippen LogP contribution in [0.15, 0.2) is 17.6 Å². The van der Waals surface area contributed by atoms with Crippen molar-refractivity contribution in [2.75, 3.05) is 12.4 Å². The first kappa shape index (κ1) is 12.5. The molecule has 7 heteroatoms. The van der Waals surface area contributed by atoms with E-state index in [0.29, 0.717) is 5.13 Å². The van der Waals surface area contributed by atoms with Gasteiger partial charge < -0.3 is 4.74 Å². The molecule has 0 spiro atoms. The Hall–Kier alpha value is -1.57. The highest BCUT2D eigenvalue weighted by molar-refractivity contribution is 7.24. The standard InChI is InChI=1S/C12H11N3O2S2/c1-6(17-2)11(16)15-12-14-7-3-4-8-9(10(7)19-12)13-5-18-8/h3-6H,1-2H3,(H,14,15,16). The topological polar surface area (TPSA) is 64.1 Å². The molecule has 0 saturated carbocycles. The van der Waals surface area contributed by atoms with E-state index in [1.165, 1.54) is 18.4 Å². The second kappa shape index (κ2) is 4.84. The van der Waals surface area contributed by atoms with Crippen LogP contribution < -0.4 is 5.32 Å². The molecule has 0 radical (unpaired) electrons. The second-order valence-corrected chi connectivity index (χ2v) is 5.88. The lowest BCUT2D eigenvalue weighted by Crippen LogP contribution is -2.26. The molecule has 1 aromatic carbocycles. The van der Waals surface area contributed by atoms with Gasteiger partial charge >= 0.3 is 0 Å². The zero-order valence-electron chi connectivity index (χ0n) is 10.3. The molecule has 2 aromatic heterocycles. The number of hydrogen-bond donors (Lipinski definition) is 1. The smallest absolute Gasteiger partial charge is 0.254 e. The van der Waals surface area contributed by atoms with Crippen LogP contribution in [0.5, 0.6) is 0 Å². The number of aromatic nitrogens is 2. The molecule has 1 unspecified atom stereocenters. The Morgan fingerprint density at radius 3 is 3.11 bits per heavy atom. The highest BCUT2D eigenvalue weighted by Gasteiger charge is 2.15. The normalized spacial score (nSPS) is 12.9. The number of amides is 1. The Kier molecular flexibility index (Phi) is 3.17. The van der Waals surface area contributed by atoms with Crippen molar-refractivity contribution >= 4 is 54.1 Å². The van der Waals surface area contributed by atoms with Crippen LogP contribution in [0.4, 0.5) is 5.13 Å². The van der Waals surface area contributed by atoms with Gasteiger partial charge in [0, 0.05) is 7.11 Å². The number of rotatable bonds is 3. The van der Waals surface area contributed by atoms with Crippen LogP contribution in [-0.4, -0.2) is 29.1 Å². The average molecular weight is 293 g/mol. The molecule has 0 fully saturated rings. The molecule has 1 atom stereocenters. The van der Waals surface area contributed by atoms with Gasteiger partial charge in [-0.3, -0.25) is 10.1 Å². The predicted octanol–water partition coefficient (Wildman–Crippen LogP) is 2.88. The third-order valence-corrected chi connectivity index (χ3v) is 4.60. The molecule has 98 valence electrons. The summed E-state index contributed by atoms with van der Waals surface area (Å²) in [6.07, 6.45) is -0.494. The largest absolute Gasteiger partial charge is 0.372 e. The maximum absolute atomic E-state index is 11.8. The number of fused-ring (bicyclic) bond motifs is 3. The summed E-state index contributed by atoms with van der Waals surface area (Å²) >= 11 is 3.03. The van der Waals surface area contributed by atoms with Gasteiger partial charge in [0.05, 0.1) is 20.4 Å². The molecular weight excluding hydrogens is 282 g/mol. The van der Waals surface area contributed by atoms with E-state index in [1.54, 1.807) is 18.3 Å². The van der Waals surface area contributed by atoms with Gasteiger partial charge in [0.1, 0.15) is 11.6 Å². The summed E-state index contributed by atoms with van der Waals surface area (Å²) in [5, 5.41) is 3.33. The fourth-order valence-corrected chi connectivity index (χ4v) is 3.40. The van der Waals surface area contributed by atoms with Crippen LogP contribution >= 0.6 is 22.7 Å². The second-order valence-electron chi connectivity index (χ2n) is 4.00. The first-order valence-electron chi connectivity index (χ1n) is 5.65. The molecular formula is C12H11N3O2S2. The number of methoxy groups -OCH3 is 1. The number of nitrogens with zero attached hydrogens (tertiary/aromatic N) is 2. The molecule has 0 saturated heterocycles. The number of ether oxygens (including phenoxy) is 1. The van der Waals surface area contributed by atoms with Crippen LogP contribution in [-0.2, 0) is 9.53 Å². The molecule has 0 aliphatic carbocycles. The maximum Gasteiger partial charge on any atom is 0.254 e. The Morgan fingerprint density at radius 1 is 1.47 bits per heavy atom. The van der Waals surface area contributed by atoms with Crippen molar-refractivity contribution in [3.05, 3.63) is 17.6 Å². The average Bonchev–Trinajstić information content (AvgIpc) is 3.01. The molecule has 0 aliphatic rings. The number of carbonyl (C=O) groups is 1. The van der Waals surface area contributed by atoms with E-state index in [2.05, 4.69) is 15.3 Å². The lowest BCUT2D eigenvalue weighted by Gasteiger charge is -2.07. The molecule has 5 nitrogen and oxygen atoms in total. The van der Waals surface area contributed by atoms with Crippen LogP contribution in [0.25, 0.3) is 20.4 Å². The van der Waals surface area contributed by atoms with Gasteiger partial charge in [0.15, 0.2) is 5.13 Å². The maximum atomic E-state index is 11.8. The Labute approximate surface area is 117 Å². The van der Waals surface area contributed by atoms with Gasteiger partial charge in [0.2, 0.25) is 0 Å². The molecule has 0 aliphatic heterocycles. The van der Waals surface area contributed by atoms with Gasteiger partial charge in [-0.1, -0.05) is 11.3 Å². The van der Waals surface area contributed by atoms with Crippen molar-refractivity contribution in [3.63, 3.8) is 0 Å². The van der Waals surface area contributed by atoms with Gasteiger partial charge in [0.25, 0.3) is 5.91 Å². The van der Waals surface area contributed by atoms with Crippen molar-refractivity contribution in [1.29, 1.82) is 0 Å². The number of thiazole rings is 2. The van der Waals surface area contributed by atoms with E-state index in [4.69, 9.17) is 4.74 Å². The first-order valence-corrected chi connectivity index (χ1v) is 7.35. The fraction of sp³-hybridized carbons (Fsp3) is 0.250. The first-order chi connectivity index (χ1) is 9.19. The quantitative estimate of drug-likeness (QED) is 0.806. The molecule has 1 amide bonds. The summed E-state index contributed by atoms with van der Waals surface area (Å²) < 4.78 is 7.09. The number of nitrogens with one attached hydrogen (secondary N) is 1. The van der Waals surface area contributed by atoms with Gasteiger partial charge in [-0.2, -0.15) is 0 Å². The van der Waals surface area contributed by atoms with Crippen LogP contribution in [0.2, 0.25) is 0 Å². The summed E-state index contributed by atoms with van der Waals surface area (Å²) in [4.78, 5) is 20.5. The Balaban J connectivity index is 1.99. The van der Waals surface area contributed by atoms with Gasteiger partial charge in [-0.25, -0.2) is 9.97 Å². The number of anilines is 1. The lowest BCUT2D eigenvalue weighted by molar-refractivity contribution is -0.124. The molecule has 2 heterocycles.